The SMILES string of the molecule is COC(=O)c1cc(C)sc1NC(=S)N1C[C@@H](C)C[C@H](C)C1. The Balaban J connectivity index is 2.11. The van der Waals surface area contributed by atoms with Crippen molar-refractivity contribution in [3.05, 3.63) is 16.5 Å². The maximum atomic E-state index is 11.8. The summed E-state index contributed by atoms with van der Waals surface area (Å²) in [7, 11) is 1.39. The van der Waals surface area contributed by atoms with Gasteiger partial charge in [0.1, 0.15) is 5.00 Å². The summed E-state index contributed by atoms with van der Waals surface area (Å²) in [5.41, 5.74) is 0.556. The fourth-order valence-electron chi connectivity index (χ4n) is 2.87. The number of rotatable bonds is 2. The highest BCUT2D eigenvalue weighted by atomic mass is 32.1. The number of esters is 1. The Hall–Kier alpha value is -1.14. The summed E-state index contributed by atoms with van der Waals surface area (Å²) in [6.07, 6.45) is 1.24. The zero-order valence-corrected chi connectivity index (χ0v) is 14.6. The molecule has 1 aliphatic heterocycles. The summed E-state index contributed by atoms with van der Waals surface area (Å²) in [6, 6.07) is 1.84. The number of ether oxygens (including phenoxy) is 1. The van der Waals surface area contributed by atoms with Crippen molar-refractivity contribution in [2.24, 2.45) is 11.8 Å². The Morgan fingerprint density at radius 3 is 2.62 bits per heavy atom. The van der Waals surface area contributed by atoms with Crippen LogP contribution in [0, 0.1) is 18.8 Å². The van der Waals surface area contributed by atoms with Gasteiger partial charge in [-0.2, -0.15) is 0 Å². The molecule has 0 amide bonds. The van der Waals surface area contributed by atoms with Crippen molar-refractivity contribution in [2.45, 2.75) is 27.2 Å². The van der Waals surface area contributed by atoms with E-state index in [-0.39, 0.29) is 5.97 Å². The van der Waals surface area contributed by atoms with E-state index < -0.39 is 0 Å². The van der Waals surface area contributed by atoms with Gasteiger partial charge in [0.05, 0.1) is 12.7 Å². The lowest BCUT2D eigenvalue weighted by Gasteiger charge is -2.36. The molecule has 1 fully saturated rings. The topological polar surface area (TPSA) is 41.6 Å². The van der Waals surface area contributed by atoms with Crippen LogP contribution in [-0.2, 0) is 4.74 Å². The molecule has 1 aliphatic rings. The fourth-order valence-corrected chi connectivity index (χ4v) is 4.09. The standard InChI is InChI=1S/C15H22N2O2S2/c1-9-5-10(2)8-17(7-9)15(20)16-13-12(14(18)19-4)6-11(3)21-13/h6,9-10H,5,7-8H2,1-4H3,(H,16,20)/t9-,10-/m0/s1. The molecular weight excluding hydrogens is 304 g/mol. The molecule has 0 unspecified atom stereocenters. The summed E-state index contributed by atoms with van der Waals surface area (Å²) >= 11 is 7.05. The molecule has 2 heterocycles. The van der Waals surface area contributed by atoms with Crippen LogP contribution in [0.15, 0.2) is 6.07 Å². The minimum Gasteiger partial charge on any atom is -0.465 e. The number of aryl methyl sites for hydroxylation is 1. The van der Waals surface area contributed by atoms with Crippen molar-refractivity contribution in [1.82, 2.24) is 4.90 Å². The fraction of sp³-hybridized carbons (Fsp3) is 0.600. The highest BCUT2D eigenvalue weighted by molar-refractivity contribution is 7.80. The van der Waals surface area contributed by atoms with Gasteiger partial charge in [-0.1, -0.05) is 13.8 Å². The van der Waals surface area contributed by atoms with Gasteiger partial charge < -0.3 is 15.0 Å². The summed E-state index contributed by atoms with van der Waals surface area (Å²) in [5, 5.41) is 4.70. The first-order valence-corrected chi connectivity index (χ1v) is 8.37. The first kappa shape index (κ1) is 16.2. The lowest BCUT2D eigenvalue weighted by Crippen LogP contribution is -2.44. The van der Waals surface area contributed by atoms with Gasteiger partial charge in [-0.25, -0.2) is 4.79 Å². The van der Waals surface area contributed by atoms with E-state index in [1.165, 1.54) is 24.9 Å². The van der Waals surface area contributed by atoms with E-state index >= 15 is 0 Å². The second-order valence-electron chi connectivity index (χ2n) is 5.87. The number of nitrogens with one attached hydrogen (secondary N) is 1. The number of anilines is 1. The summed E-state index contributed by atoms with van der Waals surface area (Å²) in [5.74, 6) is 0.947. The van der Waals surface area contributed by atoms with Gasteiger partial charge in [-0.15, -0.1) is 11.3 Å². The third-order valence-electron chi connectivity index (χ3n) is 3.64. The number of hydrogen-bond donors (Lipinski definition) is 1. The normalized spacial score (nSPS) is 22.0. The quantitative estimate of drug-likeness (QED) is 0.665. The van der Waals surface area contributed by atoms with E-state index in [4.69, 9.17) is 17.0 Å². The van der Waals surface area contributed by atoms with Crippen LogP contribution in [0.4, 0.5) is 5.00 Å². The lowest BCUT2D eigenvalue weighted by molar-refractivity contribution is 0.0602. The molecule has 0 radical (unpaired) electrons. The van der Waals surface area contributed by atoms with Crippen molar-refractivity contribution >= 4 is 39.6 Å². The third kappa shape index (κ3) is 3.95. The van der Waals surface area contributed by atoms with Crippen LogP contribution in [0.3, 0.4) is 0 Å². The first-order valence-electron chi connectivity index (χ1n) is 7.15. The summed E-state index contributed by atoms with van der Waals surface area (Å²) in [6.45, 7) is 8.40. The van der Waals surface area contributed by atoms with Gasteiger partial charge in [0.2, 0.25) is 0 Å². The van der Waals surface area contributed by atoms with Gasteiger partial charge in [-0.3, -0.25) is 0 Å². The minimum absolute atomic E-state index is 0.329. The zero-order chi connectivity index (χ0) is 15.6. The number of thiophene rings is 1. The van der Waals surface area contributed by atoms with E-state index in [1.54, 1.807) is 0 Å². The molecule has 1 aromatic heterocycles. The summed E-state index contributed by atoms with van der Waals surface area (Å²) in [4.78, 5) is 15.1. The number of carbonyl (C=O) groups is 1. The maximum Gasteiger partial charge on any atom is 0.340 e. The molecule has 2 atom stereocenters. The Labute approximate surface area is 135 Å². The van der Waals surface area contributed by atoms with Crippen molar-refractivity contribution in [3.8, 4) is 0 Å². The second kappa shape index (κ2) is 6.75. The average molecular weight is 326 g/mol. The predicted octanol–water partition coefficient (Wildman–Crippen LogP) is 3.52. The molecule has 21 heavy (non-hydrogen) atoms. The minimum atomic E-state index is -0.329. The molecule has 0 spiro atoms. The number of piperidine rings is 1. The summed E-state index contributed by atoms with van der Waals surface area (Å²) < 4.78 is 4.82. The first-order chi connectivity index (χ1) is 9.90. The van der Waals surface area contributed by atoms with Crippen molar-refractivity contribution in [3.63, 3.8) is 0 Å². The van der Waals surface area contributed by atoms with Gasteiger partial charge >= 0.3 is 5.97 Å². The monoisotopic (exact) mass is 326 g/mol. The van der Waals surface area contributed by atoms with Crippen LogP contribution in [0.2, 0.25) is 0 Å². The molecule has 116 valence electrons. The van der Waals surface area contributed by atoms with E-state index in [1.807, 2.05) is 13.0 Å². The van der Waals surface area contributed by atoms with Crippen LogP contribution in [0.25, 0.3) is 0 Å². The highest BCUT2D eigenvalue weighted by Crippen LogP contribution is 2.29. The van der Waals surface area contributed by atoms with Crippen molar-refractivity contribution in [2.75, 3.05) is 25.5 Å². The van der Waals surface area contributed by atoms with Crippen LogP contribution >= 0.6 is 23.6 Å². The molecule has 1 saturated heterocycles. The molecule has 1 N–H and O–H groups in total. The lowest BCUT2D eigenvalue weighted by atomic mass is 9.92. The molecule has 0 aromatic carbocycles. The van der Waals surface area contributed by atoms with E-state index in [2.05, 4.69) is 24.1 Å². The largest absolute Gasteiger partial charge is 0.465 e. The number of nitrogens with zero attached hydrogens (tertiary/aromatic N) is 1. The maximum absolute atomic E-state index is 11.8. The molecule has 4 nitrogen and oxygen atoms in total. The van der Waals surface area contributed by atoms with Crippen LogP contribution < -0.4 is 5.32 Å². The molecule has 0 saturated carbocycles. The van der Waals surface area contributed by atoms with Crippen LogP contribution in [-0.4, -0.2) is 36.2 Å². The number of carbonyl (C=O) groups excluding carboxylic acids is 1. The number of hydrogen-bond acceptors (Lipinski definition) is 4. The van der Waals surface area contributed by atoms with E-state index in [0.717, 1.165) is 23.0 Å². The van der Waals surface area contributed by atoms with Crippen molar-refractivity contribution < 1.29 is 9.53 Å². The third-order valence-corrected chi connectivity index (χ3v) is 4.96. The number of methoxy groups -OCH3 is 1. The van der Waals surface area contributed by atoms with Gasteiger partial charge in [0.25, 0.3) is 0 Å². The Morgan fingerprint density at radius 1 is 1.43 bits per heavy atom. The highest BCUT2D eigenvalue weighted by Gasteiger charge is 2.25. The van der Waals surface area contributed by atoms with Crippen molar-refractivity contribution in [1.29, 1.82) is 0 Å². The molecule has 1 aromatic rings. The van der Waals surface area contributed by atoms with Crippen LogP contribution in [0.5, 0.6) is 0 Å². The average Bonchev–Trinajstić information content (AvgIpc) is 2.77. The molecule has 0 aliphatic carbocycles. The van der Waals surface area contributed by atoms with Gasteiger partial charge in [-0.05, 0) is 43.5 Å². The van der Waals surface area contributed by atoms with E-state index in [9.17, 15) is 4.79 Å². The van der Waals surface area contributed by atoms with Crippen LogP contribution in [0.1, 0.15) is 35.5 Å². The molecule has 0 bridgehead atoms. The van der Waals surface area contributed by atoms with E-state index in [0.29, 0.717) is 22.5 Å². The second-order valence-corrected chi connectivity index (χ2v) is 7.52. The Morgan fingerprint density at radius 2 is 2.05 bits per heavy atom. The number of likely N-dealkylation sites (tertiary alicyclic amines) is 1. The smallest absolute Gasteiger partial charge is 0.340 e. The zero-order valence-electron chi connectivity index (χ0n) is 12.9. The Bertz CT molecular complexity index is 532. The Kier molecular flexibility index (Phi) is 5.22. The van der Waals surface area contributed by atoms with Gasteiger partial charge in [0, 0.05) is 18.0 Å². The molecule has 6 heteroatoms. The van der Waals surface area contributed by atoms with Gasteiger partial charge in [0.15, 0.2) is 5.11 Å². The number of thiocarbonyl (C=S) groups is 1. The molecular formula is C15H22N2O2S2. The molecule has 2 rings (SSSR count). The predicted molar refractivity (Wildman–Crippen MR) is 91.1 cm³/mol.